The summed E-state index contributed by atoms with van der Waals surface area (Å²) in [4.78, 5) is 51.3. The molecule has 0 saturated heterocycles. The molecule has 14 heavy (non-hydrogen) atoms. The van der Waals surface area contributed by atoms with Crippen LogP contribution in [0.15, 0.2) is 0 Å². The average molecular weight is 674 g/mol. The maximum absolute atomic E-state index is 8.55. The number of rotatable bonds is 0. The third kappa shape index (κ3) is 381. The smallest absolute Gasteiger partial charge is 0.822 e. The maximum atomic E-state index is 8.55. The molecule has 0 aliphatic rings. The molecule has 0 amide bonds. The van der Waals surface area contributed by atoms with Crippen LogP contribution in [-0.2, 0) is 9.13 Å². The third-order valence-electron chi connectivity index (χ3n) is 0. The average Bonchev–Trinajstić information content (AvgIpc) is 1.59. The maximum Gasteiger partial charge on any atom is 3.00 e. The molecule has 0 N–H and O–H groups in total. The van der Waals surface area contributed by atoms with Crippen LogP contribution in [0.3, 0.4) is 0 Å². The van der Waals surface area contributed by atoms with E-state index in [1.165, 1.54) is 0 Å². The van der Waals surface area contributed by atoms with Gasteiger partial charge in [0.15, 0.2) is 0 Å². The Morgan fingerprint density at radius 1 is 0.643 bits per heavy atom. The molecule has 0 atom stereocenters. The van der Waals surface area contributed by atoms with Crippen molar-refractivity contribution in [3.8, 4) is 0 Å². The summed E-state index contributed by atoms with van der Waals surface area (Å²) in [6, 6.07) is 0. The first kappa shape index (κ1) is 30.1. The van der Waals surface area contributed by atoms with E-state index >= 15 is 0 Å². The van der Waals surface area contributed by atoms with Gasteiger partial charge in [0.05, 0.1) is 0 Å². The van der Waals surface area contributed by atoms with Gasteiger partial charge < -0.3 is 38.5 Å². The van der Waals surface area contributed by atoms with E-state index < -0.39 is 15.6 Å². The van der Waals surface area contributed by atoms with Crippen molar-refractivity contribution in [1.82, 2.24) is 0 Å². The third-order valence-corrected chi connectivity index (χ3v) is 0. The molecule has 0 aromatic heterocycles. The zero-order chi connectivity index (χ0) is 11.0. The van der Waals surface area contributed by atoms with Gasteiger partial charge in [-0.1, -0.05) is 0 Å². The topological polar surface area (TPSA) is 172 Å². The SMILES string of the molecule is O=P([O-])([O-])[O-].O=P([O-])([O-])[O-].SS.[Bi+3].[Bi+3]. The van der Waals surface area contributed by atoms with Crippen LogP contribution in [0, 0.1) is 0 Å². The summed E-state index contributed by atoms with van der Waals surface area (Å²) in [6.07, 6.45) is 0. The fraction of sp³-hybridized carbons (Fsp3) is 0. The molecule has 0 aromatic carbocycles. The zero-order valence-electron chi connectivity index (χ0n) is 5.95. The summed E-state index contributed by atoms with van der Waals surface area (Å²) in [5.41, 5.74) is 0. The van der Waals surface area contributed by atoms with Crippen LogP contribution in [0.25, 0.3) is 0 Å². The fourth-order valence-electron chi connectivity index (χ4n) is 0. The van der Waals surface area contributed by atoms with E-state index in [0.717, 1.165) is 0 Å². The van der Waals surface area contributed by atoms with E-state index in [2.05, 4.69) is 23.3 Å². The minimum atomic E-state index is -5.39. The van der Waals surface area contributed by atoms with E-state index in [9.17, 15) is 0 Å². The summed E-state index contributed by atoms with van der Waals surface area (Å²) in [6.45, 7) is 0. The molecule has 0 aliphatic carbocycles. The summed E-state index contributed by atoms with van der Waals surface area (Å²) in [7, 11) is -10.8. The molecule has 8 nitrogen and oxygen atoms in total. The molecule has 0 fully saturated rings. The Morgan fingerprint density at radius 3 is 0.643 bits per heavy atom. The van der Waals surface area contributed by atoms with E-state index in [1.807, 2.05) is 0 Å². The fourth-order valence-corrected chi connectivity index (χ4v) is 0. The van der Waals surface area contributed by atoms with Gasteiger partial charge in [-0.3, -0.25) is 0 Å². The summed E-state index contributed by atoms with van der Waals surface area (Å²) < 4.78 is 17.1. The largest absolute Gasteiger partial charge is 3.00 e. The Balaban J connectivity index is -0.0000000292. The van der Waals surface area contributed by atoms with Crippen molar-refractivity contribution < 1.29 is 38.5 Å². The second-order valence-electron chi connectivity index (χ2n) is 0.894. The Morgan fingerprint density at radius 2 is 0.643 bits per heavy atom. The minimum Gasteiger partial charge on any atom is -0.822 e. The quantitative estimate of drug-likeness (QED) is 0.111. The minimum absolute atomic E-state index is 0. The molecule has 0 bridgehead atoms. The number of phosphoric acid groups is 2. The zero-order valence-corrected chi connectivity index (χ0v) is 16.5. The molecule has 14 heteroatoms. The molecule has 0 rings (SSSR count). The first-order valence-electron chi connectivity index (χ1n) is 1.66. The van der Waals surface area contributed by atoms with Crippen molar-refractivity contribution >= 4 is 91.4 Å². The summed E-state index contributed by atoms with van der Waals surface area (Å²) in [5, 5.41) is 0. The van der Waals surface area contributed by atoms with Gasteiger partial charge in [0.25, 0.3) is 0 Å². The predicted molar refractivity (Wildman–Crippen MR) is 44.7 cm³/mol. The molecule has 4 radical (unpaired) electrons. The van der Waals surface area contributed by atoms with Gasteiger partial charge in [-0.05, 0) is 0 Å². The Hall–Kier alpha value is 2.69. The van der Waals surface area contributed by atoms with Crippen LogP contribution in [0.1, 0.15) is 0 Å². The Bertz CT molecular complexity index is 136. The molecular formula is H2Bi2O8P2S2. The van der Waals surface area contributed by atoms with E-state index in [4.69, 9.17) is 38.5 Å². The van der Waals surface area contributed by atoms with Crippen LogP contribution in [0.5, 0.6) is 0 Å². The van der Waals surface area contributed by atoms with Crippen LogP contribution >= 0.6 is 39.0 Å². The van der Waals surface area contributed by atoms with Gasteiger partial charge >= 0.3 is 52.4 Å². The van der Waals surface area contributed by atoms with Gasteiger partial charge in [0.2, 0.25) is 0 Å². The van der Waals surface area contributed by atoms with E-state index in [1.54, 1.807) is 0 Å². The number of thiol groups is 2. The molecule has 0 saturated carbocycles. The normalized spacial score (nSPS) is 8.86. The Labute approximate surface area is 128 Å². The van der Waals surface area contributed by atoms with Gasteiger partial charge in [0.1, 0.15) is 0 Å². The van der Waals surface area contributed by atoms with Crippen molar-refractivity contribution in [3.63, 3.8) is 0 Å². The van der Waals surface area contributed by atoms with Crippen molar-refractivity contribution in [1.29, 1.82) is 0 Å². The van der Waals surface area contributed by atoms with Gasteiger partial charge in [-0.25, -0.2) is 0 Å². The molecular weight excluding hydrogens is 672 g/mol. The van der Waals surface area contributed by atoms with Crippen molar-refractivity contribution in [2.75, 3.05) is 0 Å². The molecule has 0 spiro atoms. The van der Waals surface area contributed by atoms with Crippen LogP contribution in [0.4, 0.5) is 0 Å². The van der Waals surface area contributed by atoms with Gasteiger partial charge in [-0.2, -0.15) is 15.6 Å². The van der Waals surface area contributed by atoms with Crippen LogP contribution in [0.2, 0.25) is 0 Å². The van der Waals surface area contributed by atoms with Gasteiger partial charge in [-0.15, -0.1) is 23.3 Å². The standard InChI is InChI=1S/2Bi.2H3O4P.H2S2/c;;2*1-5(2,3)4;1-2/h;;2*(H3,1,2,3,4);1-2H/q2*+3;;;/p-6. The first-order valence-corrected chi connectivity index (χ1v) is 6.18. The van der Waals surface area contributed by atoms with Crippen molar-refractivity contribution in [3.05, 3.63) is 0 Å². The van der Waals surface area contributed by atoms with Crippen LogP contribution < -0.4 is 29.4 Å². The molecule has 0 heterocycles. The summed E-state index contributed by atoms with van der Waals surface area (Å²) >= 11 is 6.44. The molecule has 0 unspecified atom stereocenters. The molecule has 0 aromatic rings. The number of hydrogen-bond donors (Lipinski definition) is 2. The number of hydrogen-bond acceptors (Lipinski definition) is 10. The second kappa shape index (κ2) is 15.7. The summed E-state index contributed by atoms with van der Waals surface area (Å²) in [5.74, 6) is 0. The van der Waals surface area contributed by atoms with Gasteiger partial charge in [0, 0.05) is 0 Å². The van der Waals surface area contributed by atoms with Crippen molar-refractivity contribution in [2.45, 2.75) is 0 Å². The van der Waals surface area contributed by atoms with Crippen LogP contribution in [-0.4, -0.2) is 52.4 Å². The molecule has 0 aliphatic heterocycles. The van der Waals surface area contributed by atoms with Crippen molar-refractivity contribution in [2.24, 2.45) is 0 Å². The molecule has 82 valence electrons. The Kier molecular flexibility index (Phi) is 33.7. The van der Waals surface area contributed by atoms with E-state index in [0.29, 0.717) is 0 Å². The second-order valence-corrected chi connectivity index (χ2v) is 2.68. The van der Waals surface area contributed by atoms with E-state index in [-0.39, 0.29) is 52.4 Å². The predicted octanol–water partition coefficient (Wildman–Crippen LogP) is -5.65. The first-order chi connectivity index (χ1) is 5.00. The monoisotopic (exact) mass is 674 g/mol.